The standard InChI is InChI=1S/C18H21FN4O2S/c19-14-3-1-12(2-4-14)6-22-7-13-8-23(15(9-22)11-25-10-13)17(24)16-5-21-18(20)26-16/h1-5,13,15H,6-11H2,(H2,20,21)/t13-,15-/m0/s1. The molecule has 0 saturated carbocycles. The van der Waals surface area contributed by atoms with Crippen molar-refractivity contribution in [1.29, 1.82) is 0 Å². The van der Waals surface area contributed by atoms with E-state index < -0.39 is 0 Å². The highest BCUT2D eigenvalue weighted by molar-refractivity contribution is 7.17. The summed E-state index contributed by atoms with van der Waals surface area (Å²) in [5.74, 6) is -0.00372. The van der Waals surface area contributed by atoms with Gasteiger partial charge in [-0.2, -0.15) is 0 Å². The van der Waals surface area contributed by atoms with E-state index >= 15 is 0 Å². The van der Waals surface area contributed by atoms with Crippen LogP contribution in [0.4, 0.5) is 9.52 Å². The molecule has 2 aliphatic rings. The molecule has 1 aromatic carbocycles. The summed E-state index contributed by atoms with van der Waals surface area (Å²) >= 11 is 1.22. The van der Waals surface area contributed by atoms with Crippen LogP contribution in [0.1, 0.15) is 15.2 Å². The van der Waals surface area contributed by atoms with Crippen molar-refractivity contribution in [2.75, 3.05) is 38.6 Å². The second kappa shape index (κ2) is 7.30. The van der Waals surface area contributed by atoms with Crippen LogP contribution in [0, 0.1) is 11.7 Å². The molecule has 138 valence electrons. The van der Waals surface area contributed by atoms with Crippen molar-refractivity contribution in [2.24, 2.45) is 5.92 Å². The number of carbonyl (C=O) groups excluding carboxylic acids is 1. The van der Waals surface area contributed by atoms with Gasteiger partial charge in [0.25, 0.3) is 5.91 Å². The number of rotatable bonds is 3. The van der Waals surface area contributed by atoms with Gasteiger partial charge in [0.2, 0.25) is 0 Å². The summed E-state index contributed by atoms with van der Waals surface area (Å²) in [6.07, 6.45) is 1.55. The van der Waals surface area contributed by atoms with Gasteiger partial charge >= 0.3 is 0 Å². The van der Waals surface area contributed by atoms with Gasteiger partial charge < -0.3 is 15.4 Å². The van der Waals surface area contributed by atoms with E-state index in [4.69, 9.17) is 10.5 Å². The molecule has 8 heteroatoms. The van der Waals surface area contributed by atoms with Crippen molar-refractivity contribution in [3.63, 3.8) is 0 Å². The molecule has 0 spiro atoms. The van der Waals surface area contributed by atoms with Gasteiger partial charge in [0.05, 0.1) is 25.5 Å². The number of ether oxygens (including phenoxy) is 1. The maximum atomic E-state index is 13.1. The second-order valence-corrected chi connectivity index (χ2v) is 7.96. The van der Waals surface area contributed by atoms with E-state index in [1.807, 2.05) is 17.0 Å². The molecule has 0 unspecified atom stereocenters. The zero-order valence-corrected chi connectivity index (χ0v) is 15.1. The van der Waals surface area contributed by atoms with E-state index in [9.17, 15) is 9.18 Å². The van der Waals surface area contributed by atoms with Crippen LogP contribution < -0.4 is 5.73 Å². The fourth-order valence-corrected chi connectivity index (χ4v) is 4.33. The number of amides is 1. The predicted molar refractivity (Wildman–Crippen MR) is 97.3 cm³/mol. The summed E-state index contributed by atoms with van der Waals surface area (Å²) in [4.78, 5) is 21.7. The Labute approximate surface area is 155 Å². The van der Waals surface area contributed by atoms with Crippen molar-refractivity contribution in [3.8, 4) is 0 Å². The van der Waals surface area contributed by atoms with Gasteiger partial charge in [-0.25, -0.2) is 9.37 Å². The number of hydrogen-bond donors (Lipinski definition) is 1. The molecule has 2 saturated heterocycles. The zero-order valence-electron chi connectivity index (χ0n) is 14.3. The van der Waals surface area contributed by atoms with Crippen molar-refractivity contribution < 1.29 is 13.9 Å². The fourth-order valence-electron chi connectivity index (χ4n) is 3.69. The molecule has 3 heterocycles. The van der Waals surface area contributed by atoms with Crippen LogP contribution in [0.2, 0.25) is 0 Å². The molecule has 1 aromatic heterocycles. The molecule has 2 aromatic rings. The molecule has 2 fully saturated rings. The van der Waals surface area contributed by atoms with Crippen LogP contribution in [-0.4, -0.2) is 59.6 Å². The zero-order chi connectivity index (χ0) is 18.1. The monoisotopic (exact) mass is 376 g/mol. The molecule has 2 aliphatic heterocycles. The Morgan fingerprint density at radius 3 is 2.81 bits per heavy atom. The van der Waals surface area contributed by atoms with E-state index in [0.29, 0.717) is 29.8 Å². The Morgan fingerprint density at radius 2 is 2.08 bits per heavy atom. The quantitative estimate of drug-likeness (QED) is 0.885. The smallest absolute Gasteiger partial charge is 0.266 e. The number of hydrogen-bond acceptors (Lipinski definition) is 6. The molecule has 2 atom stereocenters. The second-order valence-electron chi connectivity index (χ2n) is 6.90. The lowest BCUT2D eigenvalue weighted by atomic mass is 10.1. The van der Waals surface area contributed by atoms with Gasteiger partial charge in [0, 0.05) is 32.1 Å². The Bertz CT molecular complexity index is 782. The van der Waals surface area contributed by atoms with Gasteiger partial charge in [0.15, 0.2) is 5.13 Å². The first-order valence-corrected chi connectivity index (χ1v) is 9.47. The van der Waals surface area contributed by atoms with Gasteiger partial charge in [-0.3, -0.25) is 9.69 Å². The minimum absolute atomic E-state index is 0.0150. The number of fused-ring (bicyclic) bond motifs is 3. The van der Waals surface area contributed by atoms with Gasteiger partial charge in [-0.15, -0.1) is 0 Å². The van der Waals surface area contributed by atoms with E-state index in [1.165, 1.54) is 23.5 Å². The SMILES string of the molecule is Nc1ncc(C(=O)N2C[C@H]3COC[C@@H]2CN(Cc2ccc(F)cc2)C3)s1. The summed E-state index contributed by atoms with van der Waals surface area (Å²) < 4.78 is 18.9. The Hall–Kier alpha value is -2.03. The van der Waals surface area contributed by atoms with Crippen molar-refractivity contribution in [2.45, 2.75) is 12.6 Å². The number of thiazole rings is 1. The number of aromatic nitrogens is 1. The first kappa shape index (κ1) is 17.4. The summed E-state index contributed by atoms with van der Waals surface area (Å²) in [7, 11) is 0. The summed E-state index contributed by atoms with van der Waals surface area (Å²) in [5, 5.41) is 0.403. The van der Waals surface area contributed by atoms with E-state index in [1.54, 1.807) is 6.20 Å². The Balaban J connectivity index is 1.51. The van der Waals surface area contributed by atoms with E-state index in [2.05, 4.69) is 9.88 Å². The lowest BCUT2D eigenvalue weighted by Crippen LogP contribution is -2.46. The highest BCUT2D eigenvalue weighted by Crippen LogP contribution is 2.25. The number of nitrogens with zero attached hydrogens (tertiary/aromatic N) is 3. The number of anilines is 1. The number of halogens is 1. The van der Waals surface area contributed by atoms with Gasteiger partial charge in [-0.05, 0) is 17.7 Å². The third-order valence-electron chi connectivity index (χ3n) is 4.86. The van der Waals surface area contributed by atoms with Crippen LogP contribution in [-0.2, 0) is 11.3 Å². The molecule has 0 aliphatic carbocycles. The van der Waals surface area contributed by atoms with E-state index in [-0.39, 0.29) is 23.7 Å². The highest BCUT2D eigenvalue weighted by atomic mass is 32.1. The Morgan fingerprint density at radius 1 is 1.27 bits per heavy atom. The van der Waals surface area contributed by atoms with Crippen LogP contribution in [0.25, 0.3) is 0 Å². The molecule has 2 bridgehead atoms. The molecule has 2 N–H and O–H groups in total. The minimum atomic E-state index is -0.226. The first-order chi connectivity index (χ1) is 12.6. The molecule has 6 nitrogen and oxygen atoms in total. The largest absolute Gasteiger partial charge is 0.379 e. The fraction of sp³-hybridized carbons (Fsp3) is 0.444. The maximum absolute atomic E-state index is 13.1. The average molecular weight is 376 g/mol. The molecule has 4 rings (SSSR count). The van der Waals surface area contributed by atoms with Crippen molar-refractivity contribution in [3.05, 3.63) is 46.7 Å². The highest BCUT2D eigenvalue weighted by Gasteiger charge is 2.36. The number of carbonyl (C=O) groups is 1. The average Bonchev–Trinajstić information content (AvgIpc) is 2.85. The van der Waals surface area contributed by atoms with Crippen LogP contribution in [0.5, 0.6) is 0 Å². The topological polar surface area (TPSA) is 71.7 Å². The Kier molecular flexibility index (Phi) is 4.88. The minimum Gasteiger partial charge on any atom is -0.379 e. The molecule has 1 amide bonds. The summed E-state index contributed by atoms with van der Waals surface area (Å²) in [5.41, 5.74) is 6.75. The van der Waals surface area contributed by atoms with Crippen molar-refractivity contribution >= 4 is 22.4 Å². The van der Waals surface area contributed by atoms with Crippen LogP contribution in [0.15, 0.2) is 30.5 Å². The van der Waals surface area contributed by atoms with Crippen molar-refractivity contribution in [1.82, 2.24) is 14.8 Å². The third-order valence-corrected chi connectivity index (χ3v) is 5.67. The maximum Gasteiger partial charge on any atom is 0.266 e. The summed E-state index contributed by atoms with van der Waals surface area (Å²) in [6.45, 7) is 4.15. The predicted octanol–water partition coefficient (Wildman–Crippen LogP) is 1.84. The third kappa shape index (κ3) is 3.72. The molecule has 0 radical (unpaired) electrons. The molecular formula is C18H21FN4O2S. The van der Waals surface area contributed by atoms with Gasteiger partial charge in [-0.1, -0.05) is 23.5 Å². The normalized spacial score (nSPS) is 23.7. The lowest BCUT2D eigenvalue weighted by molar-refractivity contribution is 0.0426. The summed E-state index contributed by atoms with van der Waals surface area (Å²) in [6, 6.07) is 6.59. The van der Waals surface area contributed by atoms with Crippen LogP contribution >= 0.6 is 11.3 Å². The molecule has 26 heavy (non-hydrogen) atoms. The van der Waals surface area contributed by atoms with Crippen LogP contribution in [0.3, 0.4) is 0 Å². The van der Waals surface area contributed by atoms with E-state index in [0.717, 1.165) is 25.2 Å². The van der Waals surface area contributed by atoms with Gasteiger partial charge in [0.1, 0.15) is 10.7 Å². The first-order valence-electron chi connectivity index (χ1n) is 8.65. The lowest BCUT2D eigenvalue weighted by Gasteiger charge is -2.31. The number of nitrogens with two attached hydrogens (primary N) is 1. The number of nitrogen functional groups attached to an aromatic ring is 1. The molecular weight excluding hydrogens is 355 g/mol. The number of benzene rings is 1.